The van der Waals surface area contributed by atoms with Gasteiger partial charge in [0.1, 0.15) is 16.5 Å². The van der Waals surface area contributed by atoms with Crippen molar-refractivity contribution in [2.45, 2.75) is 25.9 Å². The van der Waals surface area contributed by atoms with Crippen LogP contribution in [-0.4, -0.2) is 6.61 Å². The number of hydroxylamine groups is 1. The van der Waals surface area contributed by atoms with Crippen molar-refractivity contribution in [2.75, 3.05) is 6.61 Å². The summed E-state index contributed by atoms with van der Waals surface area (Å²) in [5.41, 5.74) is 3.88. The summed E-state index contributed by atoms with van der Waals surface area (Å²) in [7, 11) is 0. The number of ether oxygens (including phenoxy) is 1. The molecule has 1 aliphatic rings. The Labute approximate surface area is 110 Å². The molecule has 92 valence electrons. The third kappa shape index (κ3) is 3.48. The molecule has 1 aliphatic heterocycles. The van der Waals surface area contributed by atoms with Crippen LogP contribution in [0.3, 0.4) is 0 Å². The van der Waals surface area contributed by atoms with Gasteiger partial charge < -0.3 is 4.74 Å². The first-order chi connectivity index (χ1) is 8.29. The number of unbranched alkanes of at least 4 members (excludes halogenated alkanes) is 1. The largest absolute Gasteiger partial charge is 0.494 e. The van der Waals surface area contributed by atoms with E-state index in [2.05, 4.69) is 28.3 Å². The highest BCUT2D eigenvalue weighted by atomic mass is 79.9. The highest BCUT2D eigenvalue weighted by Gasteiger charge is 2.16. The average Bonchev–Trinajstić information content (AvgIpc) is 2.77. The zero-order valence-corrected chi connectivity index (χ0v) is 11.4. The predicted octanol–water partition coefficient (Wildman–Crippen LogP) is 3.68. The first-order valence-electron chi connectivity index (χ1n) is 5.81. The van der Waals surface area contributed by atoms with Crippen LogP contribution in [0, 0.1) is 0 Å². The molecule has 0 saturated heterocycles. The van der Waals surface area contributed by atoms with Gasteiger partial charge in [0.15, 0.2) is 0 Å². The molecule has 1 heterocycles. The molecule has 17 heavy (non-hydrogen) atoms. The molecule has 0 radical (unpaired) electrons. The van der Waals surface area contributed by atoms with Gasteiger partial charge >= 0.3 is 0 Å². The second-order valence-electron chi connectivity index (χ2n) is 3.93. The fourth-order valence-electron chi connectivity index (χ4n) is 1.57. The summed E-state index contributed by atoms with van der Waals surface area (Å²) in [5, 5.41) is 0. The number of benzene rings is 1. The van der Waals surface area contributed by atoms with Crippen molar-refractivity contribution in [3.63, 3.8) is 0 Å². The van der Waals surface area contributed by atoms with Crippen molar-refractivity contribution in [3.05, 3.63) is 40.5 Å². The van der Waals surface area contributed by atoms with Crippen LogP contribution in [0.4, 0.5) is 0 Å². The van der Waals surface area contributed by atoms with E-state index in [0.717, 1.165) is 35.4 Å². The first-order valence-corrected chi connectivity index (χ1v) is 6.60. The third-order valence-electron chi connectivity index (χ3n) is 2.56. The van der Waals surface area contributed by atoms with E-state index in [9.17, 15) is 0 Å². The van der Waals surface area contributed by atoms with Gasteiger partial charge in [0.05, 0.1) is 6.61 Å². The number of halogens is 1. The van der Waals surface area contributed by atoms with Gasteiger partial charge in [0.25, 0.3) is 0 Å². The van der Waals surface area contributed by atoms with Crippen molar-refractivity contribution < 1.29 is 9.57 Å². The maximum absolute atomic E-state index is 5.60. The van der Waals surface area contributed by atoms with Crippen LogP contribution in [0.2, 0.25) is 0 Å². The smallest absolute Gasteiger partial charge is 0.131 e. The van der Waals surface area contributed by atoms with E-state index in [4.69, 9.17) is 9.57 Å². The van der Waals surface area contributed by atoms with Gasteiger partial charge in [-0.25, -0.2) is 0 Å². The second-order valence-corrected chi connectivity index (χ2v) is 4.78. The molecule has 0 fully saturated rings. The van der Waals surface area contributed by atoms with Crippen LogP contribution < -0.4 is 10.2 Å². The Kier molecular flexibility index (Phi) is 4.45. The molecule has 4 heteroatoms. The topological polar surface area (TPSA) is 30.5 Å². The lowest BCUT2D eigenvalue weighted by atomic mass is 10.1. The van der Waals surface area contributed by atoms with Gasteiger partial charge in [-0.15, -0.1) is 0 Å². The van der Waals surface area contributed by atoms with Gasteiger partial charge in [0.2, 0.25) is 0 Å². The van der Waals surface area contributed by atoms with Crippen LogP contribution >= 0.6 is 15.9 Å². The Bertz CT molecular complexity index is 389. The summed E-state index contributed by atoms with van der Waals surface area (Å²) in [4.78, 5) is 5.36. The van der Waals surface area contributed by atoms with Crippen LogP contribution in [0.25, 0.3) is 0 Å². The average molecular weight is 298 g/mol. The normalized spacial score (nSPS) is 18.7. The van der Waals surface area contributed by atoms with Crippen molar-refractivity contribution in [3.8, 4) is 5.75 Å². The Morgan fingerprint density at radius 2 is 2.12 bits per heavy atom. The minimum Gasteiger partial charge on any atom is -0.494 e. The number of nitrogens with one attached hydrogen (secondary N) is 1. The van der Waals surface area contributed by atoms with Crippen molar-refractivity contribution in [1.29, 1.82) is 0 Å². The fourth-order valence-corrected chi connectivity index (χ4v) is 1.91. The lowest BCUT2D eigenvalue weighted by Crippen LogP contribution is -2.05. The molecular formula is C13H16BrNO2. The minimum absolute atomic E-state index is 0.0333. The van der Waals surface area contributed by atoms with E-state index in [-0.39, 0.29) is 6.10 Å². The Morgan fingerprint density at radius 3 is 2.71 bits per heavy atom. The molecule has 1 aromatic rings. The van der Waals surface area contributed by atoms with Crippen LogP contribution in [0.5, 0.6) is 5.75 Å². The summed E-state index contributed by atoms with van der Waals surface area (Å²) in [5.74, 6) is 0.913. The van der Waals surface area contributed by atoms with Gasteiger partial charge in [-0.3, -0.25) is 10.3 Å². The van der Waals surface area contributed by atoms with Crippen molar-refractivity contribution in [1.82, 2.24) is 5.48 Å². The van der Waals surface area contributed by atoms with E-state index in [0.29, 0.717) is 0 Å². The van der Waals surface area contributed by atoms with Crippen molar-refractivity contribution in [2.24, 2.45) is 0 Å². The monoisotopic (exact) mass is 297 g/mol. The zero-order chi connectivity index (χ0) is 12.1. The number of hydrogen-bond donors (Lipinski definition) is 1. The molecular weight excluding hydrogens is 282 g/mol. The Hall–Kier alpha value is -1.00. The summed E-state index contributed by atoms with van der Waals surface area (Å²) < 4.78 is 6.47. The van der Waals surface area contributed by atoms with E-state index < -0.39 is 0 Å². The lowest BCUT2D eigenvalue weighted by molar-refractivity contribution is 0.0457. The van der Waals surface area contributed by atoms with E-state index in [1.165, 1.54) is 0 Å². The van der Waals surface area contributed by atoms with E-state index in [1.54, 1.807) is 0 Å². The number of rotatable bonds is 5. The van der Waals surface area contributed by atoms with Gasteiger partial charge in [-0.2, -0.15) is 0 Å². The standard InChI is InChI=1S/C13H16BrNO2/c1-2-3-8-16-11-6-4-10(5-7-11)12-9-13(14)15-17-12/h4-7,9,12,15H,2-3,8H2,1H3/t12-/m1/s1. The fraction of sp³-hybridized carbons (Fsp3) is 0.385. The number of hydrogen-bond acceptors (Lipinski definition) is 3. The van der Waals surface area contributed by atoms with E-state index >= 15 is 0 Å². The highest BCUT2D eigenvalue weighted by molar-refractivity contribution is 9.11. The van der Waals surface area contributed by atoms with E-state index in [1.807, 2.05) is 30.3 Å². The maximum Gasteiger partial charge on any atom is 0.131 e. The lowest BCUT2D eigenvalue weighted by Gasteiger charge is -2.09. The third-order valence-corrected chi connectivity index (χ3v) is 2.98. The summed E-state index contributed by atoms with van der Waals surface area (Å²) >= 11 is 3.33. The van der Waals surface area contributed by atoms with Crippen molar-refractivity contribution >= 4 is 15.9 Å². The second kappa shape index (κ2) is 6.07. The first kappa shape index (κ1) is 12.5. The Balaban J connectivity index is 1.93. The maximum atomic E-state index is 5.60. The molecule has 0 saturated carbocycles. The Morgan fingerprint density at radius 1 is 1.35 bits per heavy atom. The molecule has 0 unspecified atom stereocenters. The zero-order valence-electron chi connectivity index (χ0n) is 9.78. The van der Waals surface area contributed by atoms with Crippen LogP contribution in [0.15, 0.2) is 34.9 Å². The quantitative estimate of drug-likeness (QED) is 0.664. The van der Waals surface area contributed by atoms with Gasteiger partial charge in [-0.1, -0.05) is 25.5 Å². The minimum atomic E-state index is -0.0333. The summed E-state index contributed by atoms with van der Waals surface area (Å²) in [6, 6.07) is 8.01. The molecule has 0 aliphatic carbocycles. The molecule has 0 amide bonds. The molecule has 0 spiro atoms. The predicted molar refractivity (Wildman–Crippen MR) is 70.8 cm³/mol. The molecule has 1 N–H and O–H groups in total. The van der Waals surface area contributed by atoms with Gasteiger partial charge in [0, 0.05) is 0 Å². The molecule has 0 aromatic heterocycles. The van der Waals surface area contributed by atoms with Gasteiger partial charge in [-0.05, 0) is 46.1 Å². The molecule has 3 nitrogen and oxygen atoms in total. The highest BCUT2D eigenvalue weighted by Crippen LogP contribution is 2.27. The summed E-state index contributed by atoms with van der Waals surface area (Å²) in [6.45, 7) is 2.93. The summed E-state index contributed by atoms with van der Waals surface area (Å²) in [6.07, 6.45) is 4.19. The molecule has 0 bridgehead atoms. The van der Waals surface area contributed by atoms with Crippen LogP contribution in [-0.2, 0) is 4.84 Å². The molecule has 1 atom stereocenters. The SMILES string of the molecule is CCCCOc1ccc([C@H]2C=C(Br)NO2)cc1. The molecule has 1 aromatic carbocycles. The van der Waals surface area contributed by atoms with Crippen LogP contribution in [0.1, 0.15) is 31.4 Å². The molecule has 2 rings (SSSR count).